The summed E-state index contributed by atoms with van der Waals surface area (Å²) in [5, 5.41) is 0.709. The van der Waals surface area contributed by atoms with Gasteiger partial charge in [-0.15, -0.1) is 0 Å². The van der Waals surface area contributed by atoms with Crippen LogP contribution in [0.25, 0.3) is 10.8 Å². The van der Waals surface area contributed by atoms with E-state index in [9.17, 15) is 12.8 Å². The van der Waals surface area contributed by atoms with E-state index in [-0.39, 0.29) is 9.86 Å². The van der Waals surface area contributed by atoms with Gasteiger partial charge in [0.2, 0.25) is 0 Å². The fourth-order valence-corrected chi connectivity index (χ4v) is 3.19. The molecule has 0 saturated carbocycles. The molecule has 0 spiro atoms. The van der Waals surface area contributed by atoms with Gasteiger partial charge in [-0.1, -0.05) is 0 Å². The summed E-state index contributed by atoms with van der Waals surface area (Å²) in [4.78, 5) is 3.30. The smallest absolute Gasteiger partial charge is 0.264 e. The summed E-state index contributed by atoms with van der Waals surface area (Å²) < 4.78 is 36.3. The molecule has 0 atom stereocenters. The molecule has 0 bridgehead atoms. The van der Waals surface area contributed by atoms with Crippen LogP contribution >= 0.6 is 26.6 Å². The lowest BCUT2D eigenvalue weighted by atomic mass is 10.2. The van der Waals surface area contributed by atoms with Crippen molar-refractivity contribution in [2.75, 3.05) is 0 Å². The highest BCUT2D eigenvalue weighted by atomic mass is 79.9. The minimum absolute atomic E-state index is 0.0345. The Morgan fingerprint density at radius 2 is 2.12 bits per heavy atom. The minimum Gasteiger partial charge on any atom is -0.264 e. The van der Waals surface area contributed by atoms with Gasteiger partial charge >= 0.3 is 0 Å². The van der Waals surface area contributed by atoms with E-state index in [1.165, 1.54) is 24.5 Å². The molecule has 7 heteroatoms. The molecule has 0 radical (unpaired) electrons. The average molecular weight is 325 g/mol. The summed E-state index contributed by atoms with van der Waals surface area (Å²) in [6.45, 7) is 0. The fourth-order valence-electron chi connectivity index (χ4n) is 1.39. The normalized spacial score (nSPS) is 11.9. The number of hydrogen-bond donors (Lipinski definition) is 0. The summed E-state index contributed by atoms with van der Waals surface area (Å²) >= 11 is 2.93. The molecule has 2 rings (SSSR count). The Labute approximate surface area is 104 Å². The van der Waals surface area contributed by atoms with Crippen LogP contribution in [0.4, 0.5) is 4.39 Å². The van der Waals surface area contributed by atoms with E-state index >= 15 is 0 Å². The van der Waals surface area contributed by atoms with Crippen molar-refractivity contribution < 1.29 is 12.8 Å². The first-order valence-electron chi connectivity index (χ1n) is 4.07. The molecular formula is C9H4BrClFNO2S. The number of nitrogens with zero attached hydrogens (tertiary/aromatic N) is 1. The summed E-state index contributed by atoms with van der Waals surface area (Å²) in [6.07, 6.45) is 2.81. The van der Waals surface area contributed by atoms with Crippen LogP contribution in [0.15, 0.2) is 33.9 Å². The molecule has 0 fully saturated rings. The highest BCUT2D eigenvalue weighted by molar-refractivity contribution is 9.10. The van der Waals surface area contributed by atoms with E-state index in [1.807, 2.05) is 0 Å². The van der Waals surface area contributed by atoms with Gasteiger partial charge < -0.3 is 0 Å². The Kier molecular flexibility index (Phi) is 2.90. The molecule has 0 amide bonds. The molecule has 0 unspecified atom stereocenters. The summed E-state index contributed by atoms with van der Waals surface area (Å²) in [6, 6.07) is 2.85. The summed E-state index contributed by atoms with van der Waals surface area (Å²) in [5.74, 6) is -0.895. The average Bonchev–Trinajstić information content (AvgIpc) is 2.17. The molecular weight excluding hydrogens is 321 g/mol. The molecule has 0 N–H and O–H groups in total. The van der Waals surface area contributed by atoms with Crippen LogP contribution in [0.1, 0.15) is 0 Å². The Bertz CT molecular complexity index is 675. The molecule has 16 heavy (non-hydrogen) atoms. The van der Waals surface area contributed by atoms with Crippen molar-refractivity contribution >= 4 is 46.4 Å². The van der Waals surface area contributed by atoms with Crippen LogP contribution in [0.2, 0.25) is 0 Å². The van der Waals surface area contributed by atoms with Crippen LogP contribution in [0.3, 0.4) is 0 Å². The van der Waals surface area contributed by atoms with Crippen molar-refractivity contribution in [3.8, 4) is 0 Å². The van der Waals surface area contributed by atoms with E-state index < -0.39 is 19.8 Å². The molecule has 0 saturated heterocycles. The van der Waals surface area contributed by atoms with Gasteiger partial charge in [-0.05, 0) is 28.1 Å². The third-order valence-corrected chi connectivity index (χ3v) is 3.96. The second-order valence-corrected chi connectivity index (χ2v) is 6.39. The highest BCUT2D eigenvalue weighted by Gasteiger charge is 2.22. The fraction of sp³-hybridized carbons (Fsp3) is 0. The van der Waals surface area contributed by atoms with E-state index in [0.29, 0.717) is 5.39 Å². The first-order chi connectivity index (χ1) is 7.41. The SMILES string of the molecule is O=S(=O)(Cl)c1c(F)c(Br)cc2cnccc12. The lowest BCUT2D eigenvalue weighted by Gasteiger charge is -2.06. The molecule has 1 aromatic heterocycles. The van der Waals surface area contributed by atoms with Gasteiger partial charge in [-0.25, -0.2) is 12.8 Å². The standard InChI is InChI=1S/C9H4BrClFNO2S/c10-7-3-5-4-13-2-1-6(5)9(8(7)12)16(11,14)15/h1-4H. The van der Waals surface area contributed by atoms with Gasteiger partial charge in [-0.2, -0.15) is 0 Å². The van der Waals surface area contributed by atoms with Crippen molar-refractivity contribution in [3.63, 3.8) is 0 Å². The number of rotatable bonds is 1. The van der Waals surface area contributed by atoms with Crippen LogP contribution in [0, 0.1) is 5.82 Å². The highest BCUT2D eigenvalue weighted by Crippen LogP contribution is 2.32. The van der Waals surface area contributed by atoms with Crippen molar-refractivity contribution in [2.24, 2.45) is 0 Å². The van der Waals surface area contributed by atoms with Crippen molar-refractivity contribution in [3.05, 3.63) is 34.8 Å². The minimum atomic E-state index is -4.14. The second-order valence-electron chi connectivity index (χ2n) is 3.04. The first-order valence-corrected chi connectivity index (χ1v) is 7.18. The van der Waals surface area contributed by atoms with Crippen LogP contribution in [-0.4, -0.2) is 13.4 Å². The summed E-state index contributed by atoms with van der Waals surface area (Å²) in [5.41, 5.74) is 0. The molecule has 1 heterocycles. The number of aromatic nitrogens is 1. The lowest BCUT2D eigenvalue weighted by molar-refractivity contribution is 0.575. The van der Waals surface area contributed by atoms with Crippen molar-refractivity contribution in [1.29, 1.82) is 0 Å². The monoisotopic (exact) mass is 323 g/mol. The number of benzene rings is 1. The van der Waals surface area contributed by atoms with Gasteiger partial charge in [0.1, 0.15) is 4.90 Å². The zero-order chi connectivity index (χ0) is 11.9. The Morgan fingerprint density at radius 3 is 2.75 bits per heavy atom. The third-order valence-electron chi connectivity index (χ3n) is 2.03. The van der Waals surface area contributed by atoms with Gasteiger partial charge in [0.05, 0.1) is 4.47 Å². The van der Waals surface area contributed by atoms with Crippen molar-refractivity contribution in [1.82, 2.24) is 4.98 Å². The predicted octanol–water partition coefficient (Wildman–Crippen LogP) is 3.06. The molecule has 0 aliphatic rings. The zero-order valence-electron chi connectivity index (χ0n) is 7.62. The second kappa shape index (κ2) is 3.94. The Balaban J connectivity index is 3.05. The van der Waals surface area contributed by atoms with Gasteiger partial charge in [0, 0.05) is 33.8 Å². The molecule has 2 aromatic rings. The third kappa shape index (κ3) is 1.92. The molecule has 0 aliphatic heterocycles. The van der Waals surface area contributed by atoms with Gasteiger partial charge in [0.25, 0.3) is 9.05 Å². The van der Waals surface area contributed by atoms with E-state index in [2.05, 4.69) is 20.9 Å². The molecule has 84 valence electrons. The van der Waals surface area contributed by atoms with Gasteiger partial charge in [0.15, 0.2) is 5.82 Å². The van der Waals surface area contributed by atoms with E-state index in [4.69, 9.17) is 10.7 Å². The predicted molar refractivity (Wildman–Crippen MR) is 62.4 cm³/mol. The number of halogens is 3. The van der Waals surface area contributed by atoms with Crippen LogP contribution in [0.5, 0.6) is 0 Å². The zero-order valence-corrected chi connectivity index (χ0v) is 10.8. The van der Waals surface area contributed by atoms with E-state index in [1.54, 1.807) is 0 Å². The number of pyridine rings is 1. The maximum atomic E-state index is 13.7. The maximum Gasteiger partial charge on any atom is 0.264 e. The van der Waals surface area contributed by atoms with Crippen molar-refractivity contribution in [2.45, 2.75) is 4.90 Å². The Hall–Kier alpha value is -0.720. The quantitative estimate of drug-likeness (QED) is 0.757. The largest absolute Gasteiger partial charge is 0.264 e. The maximum absolute atomic E-state index is 13.7. The van der Waals surface area contributed by atoms with Crippen LogP contribution < -0.4 is 0 Å². The topological polar surface area (TPSA) is 47.0 Å². The number of hydrogen-bond acceptors (Lipinski definition) is 3. The lowest BCUT2D eigenvalue weighted by Crippen LogP contribution is -1.98. The first kappa shape index (κ1) is 11.8. The van der Waals surface area contributed by atoms with Crippen LogP contribution in [-0.2, 0) is 9.05 Å². The Morgan fingerprint density at radius 1 is 1.44 bits per heavy atom. The van der Waals surface area contributed by atoms with Gasteiger partial charge in [-0.3, -0.25) is 4.98 Å². The number of fused-ring (bicyclic) bond motifs is 1. The molecule has 1 aromatic carbocycles. The van der Waals surface area contributed by atoms with E-state index in [0.717, 1.165) is 0 Å². The summed E-state index contributed by atoms with van der Waals surface area (Å²) in [7, 11) is 1.06. The molecule has 0 aliphatic carbocycles. The molecule has 3 nitrogen and oxygen atoms in total.